The summed E-state index contributed by atoms with van der Waals surface area (Å²) in [5.41, 5.74) is -0.158. The number of rotatable bonds is 2. The first-order chi connectivity index (χ1) is 9.42. The first-order valence-electron chi connectivity index (χ1n) is 7.84. The van der Waals surface area contributed by atoms with E-state index < -0.39 is 0 Å². The molecular weight excluding hydrogens is 328 g/mol. The van der Waals surface area contributed by atoms with Gasteiger partial charge >= 0.3 is 0 Å². The summed E-state index contributed by atoms with van der Waals surface area (Å²) in [6, 6.07) is 0.402. The van der Waals surface area contributed by atoms with Crippen LogP contribution in [0.25, 0.3) is 0 Å². The predicted octanol–water partition coefficient (Wildman–Crippen LogP) is 3.70. The summed E-state index contributed by atoms with van der Waals surface area (Å²) in [5, 5.41) is 0. The van der Waals surface area contributed by atoms with Gasteiger partial charge in [0, 0.05) is 17.1 Å². The van der Waals surface area contributed by atoms with Gasteiger partial charge in [-0.3, -0.25) is 0 Å². The Morgan fingerprint density at radius 3 is 1.27 bits per heavy atom. The molecule has 5 heteroatoms. The van der Waals surface area contributed by atoms with Gasteiger partial charge in [0.2, 0.25) is 0 Å². The van der Waals surface area contributed by atoms with E-state index in [1.807, 2.05) is 0 Å². The van der Waals surface area contributed by atoms with Crippen LogP contribution < -0.4 is 0 Å². The largest absolute Gasteiger partial charge is 0.478 e. The maximum Gasteiger partial charge on any atom is 0.199 e. The fourth-order valence-corrected chi connectivity index (χ4v) is 2.41. The molecule has 0 saturated heterocycles. The van der Waals surface area contributed by atoms with Crippen molar-refractivity contribution in [1.82, 2.24) is 0 Å². The molecule has 2 heterocycles. The van der Waals surface area contributed by atoms with E-state index >= 15 is 0 Å². The molecule has 0 N–H and O–H groups in total. The van der Waals surface area contributed by atoms with Crippen molar-refractivity contribution in [2.24, 2.45) is 26.2 Å². The minimum Gasteiger partial charge on any atom is -0.478 e. The van der Waals surface area contributed by atoms with E-state index in [9.17, 15) is 0 Å². The van der Waals surface area contributed by atoms with Gasteiger partial charge in [0.15, 0.2) is 11.8 Å². The Hall–Kier alpha value is -0.541. The Morgan fingerprint density at radius 2 is 1.05 bits per heavy atom. The quantitative estimate of drug-likeness (QED) is 0.707. The molecule has 2 atom stereocenters. The molecule has 22 heavy (non-hydrogen) atoms. The first kappa shape index (κ1) is 19.5. The van der Waals surface area contributed by atoms with E-state index in [0.717, 1.165) is 11.8 Å². The zero-order chi connectivity index (χ0) is 16.1. The summed E-state index contributed by atoms with van der Waals surface area (Å²) < 4.78 is 11.8. The molecule has 2 rings (SSSR count). The van der Waals surface area contributed by atoms with Gasteiger partial charge in [-0.2, -0.15) is 0 Å². The van der Waals surface area contributed by atoms with Crippen molar-refractivity contribution in [3.63, 3.8) is 0 Å². The fraction of sp³-hybridized carbons (Fsp3) is 0.882. The summed E-state index contributed by atoms with van der Waals surface area (Å²) in [4.78, 5) is 9.59. The van der Waals surface area contributed by atoms with Gasteiger partial charge in [-0.1, -0.05) is 41.5 Å². The van der Waals surface area contributed by atoms with E-state index in [0.29, 0.717) is 13.2 Å². The zero-order valence-electron chi connectivity index (χ0n) is 15.1. The summed E-state index contributed by atoms with van der Waals surface area (Å²) >= 11 is 0. The number of hydrogen-bond donors (Lipinski definition) is 0. The van der Waals surface area contributed by atoms with Gasteiger partial charge in [0.1, 0.15) is 18.6 Å². The van der Waals surface area contributed by atoms with Crippen LogP contribution in [0.3, 0.4) is 0 Å². The minimum absolute atomic E-state index is 0. The summed E-state index contributed by atoms with van der Waals surface area (Å²) in [5.74, 6) is 1.52. The van der Waals surface area contributed by atoms with Crippen LogP contribution in [0.5, 0.6) is 0 Å². The third-order valence-electron chi connectivity index (χ3n) is 4.37. The predicted molar refractivity (Wildman–Crippen MR) is 87.0 cm³/mol. The van der Waals surface area contributed by atoms with Crippen LogP contribution in [0.4, 0.5) is 0 Å². The molecule has 0 bridgehead atoms. The molecule has 0 aliphatic carbocycles. The standard InChI is InChI=1S/C17H30N2O2.Cu/c1-15(2,3)11-9-20-13(18-11)17(7,8)14-19-12(10-21-14)16(4,5)6;/h11-12H,9-10H2,1-8H3;/t11-,12-;/m1./s1. The summed E-state index contributed by atoms with van der Waals surface area (Å²) in [6.45, 7) is 18.6. The number of nitrogens with zero attached hydrogens (tertiary/aromatic N) is 2. The monoisotopic (exact) mass is 357 g/mol. The molecule has 0 spiro atoms. The van der Waals surface area contributed by atoms with Gasteiger partial charge in [0.25, 0.3) is 0 Å². The van der Waals surface area contributed by atoms with Crippen molar-refractivity contribution in [3.05, 3.63) is 0 Å². The second-order valence-corrected chi connectivity index (χ2v) is 8.88. The van der Waals surface area contributed by atoms with Crippen molar-refractivity contribution in [3.8, 4) is 0 Å². The maximum absolute atomic E-state index is 5.88. The number of ether oxygens (including phenoxy) is 2. The summed E-state index contributed by atoms with van der Waals surface area (Å²) in [6.07, 6.45) is 0. The average Bonchev–Trinajstić information content (AvgIpc) is 2.97. The smallest absolute Gasteiger partial charge is 0.199 e. The Kier molecular flexibility index (Phi) is 5.46. The number of hydrogen-bond acceptors (Lipinski definition) is 4. The molecule has 0 aromatic carbocycles. The zero-order valence-corrected chi connectivity index (χ0v) is 16.0. The van der Waals surface area contributed by atoms with Crippen LogP contribution in [0.15, 0.2) is 9.98 Å². The molecule has 1 radical (unpaired) electrons. The van der Waals surface area contributed by atoms with E-state index in [1.54, 1.807) is 0 Å². The van der Waals surface area contributed by atoms with Crippen LogP contribution in [0.1, 0.15) is 55.4 Å². The molecule has 0 amide bonds. The van der Waals surface area contributed by atoms with Crippen LogP contribution in [0, 0.1) is 16.2 Å². The molecule has 0 unspecified atom stereocenters. The minimum atomic E-state index is -0.389. The first-order valence-corrected chi connectivity index (χ1v) is 7.84. The normalized spacial score (nSPS) is 25.8. The topological polar surface area (TPSA) is 43.2 Å². The van der Waals surface area contributed by atoms with Crippen LogP contribution in [-0.2, 0) is 26.5 Å². The van der Waals surface area contributed by atoms with Crippen molar-refractivity contribution in [2.45, 2.75) is 67.5 Å². The molecular formula is C17H30CuN2O2. The van der Waals surface area contributed by atoms with E-state index in [4.69, 9.17) is 19.5 Å². The van der Waals surface area contributed by atoms with Crippen molar-refractivity contribution in [1.29, 1.82) is 0 Å². The maximum atomic E-state index is 5.88. The van der Waals surface area contributed by atoms with Crippen LogP contribution >= 0.6 is 0 Å². The van der Waals surface area contributed by atoms with Crippen molar-refractivity contribution < 1.29 is 26.5 Å². The molecule has 2 aliphatic heterocycles. The van der Waals surface area contributed by atoms with E-state index in [2.05, 4.69) is 55.4 Å². The third kappa shape index (κ3) is 3.86. The van der Waals surface area contributed by atoms with Gasteiger partial charge in [-0.25, -0.2) is 9.98 Å². The van der Waals surface area contributed by atoms with E-state index in [1.165, 1.54) is 0 Å². The molecule has 0 aromatic rings. The third-order valence-corrected chi connectivity index (χ3v) is 4.37. The Balaban J connectivity index is 0.00000242. The van der Waals surface area contributed by atoms with Gasteiger partial charge < -0.3 is 9.47 Å². The van der Waals surface area contributed by atoms with Gasteiger partial charge in [-0.05, 0) is 24.7 Å². The van der Waals surface area contributed by atoms with Crippen molar-refractivity contribution >= 4 is 11.8 Å². The van der Waals surface area contributed by atoms with Gasteiger partial charge in [-0.15, -0.1) is 0 Å². The second kappa shape index (κ2) is 6.16. The Bertz CT molecular complexity index is 428. The molecule has 0 fully saturated rings. The second-order valence-electron chi connectivity index (χ2n) is 8.88. The Labute approximate surface area is 145 Å². The van der Waals surface area contributed by atoms with Gasteiger partial charge in [0.05, 0.1) is 12.1 Å². The molecule has 4 nitrogen and oxygen atoms in total. The SMILES string of the molecule is CC(C)(C1=N[C@@H](C(C)(C)C)CO1)C1=N[C@@H](C(C)(C)C)CO1.[Cu]. The van der Waals surface area contributed by atoms with Crippen LogP contribution in [-0.4, -0.2) is 37.1 Å². The average molecular weight is 358 g/mol. The summed E-state index contributed by atoms with van der Waals surface area (Å²) in [7, 11) is 0. The van der Waals surface area contributed by atoms with Crippen molar-refractivity contribution in [2.75, 3.05) is 13.2 Å². The van der Waals surface area contributed by atoms with Crippen LogP contribution in [0.2, 0.25) is 0 Å². The molecule has 2 aliphatic rings. The molecule has 0 saturated carbocycles. The Morgan fingerprint density at radius 1 is 0.727 bits per heavy atom. The van der Waals surface area contributed by atoms with E-state index in [-0.39, 0.29) is 45.4 Å². The molecule has 0 aromatic heterocycles. The fourth-order valence-electron chi connectivity index (χ4n) is 2.41. The molecule has 131 valence electrons. The number of aliphatic imine (C=N–C) groups is 2.